The number of hydrogen-bond acceptors (Lipinski definition) is 3. The molecule has 0 fully saturated rings. The molecule has 0 spiro atoms. The van der Waals surface area contributed by atoms with E-state index in [1.54, 1.807) is 0 Å². The van der Waals surface area contributed by atoms with Crippen LogP contribution in [0.15, 0.2) is 18.3 Å². The molecule has 0 saturated carbocycles. The van der Waals surface area contributed by atoms with Crippen molar-refractivity contribution in [2.45, 2.75) is 26.3 Å². The third-order valence-electron chi connectivity index (χ3n) is 2.28. The summed E-state index contributed by atoms with van der Waals surface area (Å²) in [6.07, 6.45) is 1.98. The van der Waals surface area contributed by atoms with Crippen molar-refractivity contribution in [1.29, 1.82) is 0 Å². The van der Waals surface area contributed by atoms with Crippen LogP contribution in [-0.2, 0) is 6.54 Å². The molecule has 0 unspecified atom stereocenters. The van der Waals surface area contributed by atoms with Crippen LogP contribution in [0.4, 0.5) is 0 Å². The molecule has 0 atom stereocenters. The maximum atomic E-state index is 5.62. The molecule has 0 aliphatic heterocycles. The van der Waals surface area contributed by atoms with Gasteiger partial charge in [-0.15, -0.1) is 10.2 Å². The Morgan fingerprint density at radius 2 is 2.21 bits per heavy atom. The van der Waals surface area contributed by atoms with Gasteiger partial charge < -0.3 is 5.73 Å². The summed E-state index contributed by atoms with van der Waals surface area (Å²) in [6, 6.07) is 3.96. The number of rotatable bonds is 2. The van der Waals surface area contributed by atoms with Crippen molar-refractivity contribution in [2.24, 2.45) is 5.73 Å². The highest BCUT2D eigenvalue weighted by atomic mass is 15.2. The predicted octanol–water partition coefficient (Wildman–Crippen LogP) is 1.31. The number of nitrogens with two attached hydrogens (primary N) is 1. The summed E-state index contributed by atoms with van der Waals surface area (Å²) >= 11 is 0. The molecule has 0 bridgehead atoms. The van der Waals surface area contributed by atoms with Gasteiger partial charge in [0.25, 0.3) is 0 Å². The first-order valence-electron chi connectivity index (χ1n) is 4.76. The van der Waals surface area contributed by atoms with Gasteiger partial charge in [-0.3, -0.25) is 4.40 Å². The molecule has 0 aromatic carbocycles. The minimum atomic E-state index is 0.373. The second kappa shape index (κ2) is 3.38. The topological polar surface area (TPSA) is 56.2 Å². The van der Waals surface area contributed by atoms with Crippen LogP contribution in [0.25, 0.3) is 5.65 Å². The zero-order chi connectivity index (χ0) is 10.1. The van der Waals surface area contributed by atoms with E-state index in [1.165, 1.54) is 0 Å². The molecular weight excluding hydrogens is 176 g/mol. The Kier molecular flexibility index (Phi) is 2.21. The van der Waals surface area contributed by atoms with E-state index in [1.807, 2.05) is 22.7 Å². The van der Waals surface area contributed by atoms with Crippen LogP contribution >= 0.6 is 0 Å². The Bertz CT molecular complexity index is 444. The van der Waals surface area contributed by atoms with E-state index in [0.29, 0.717) is 12.5 Å². The van der Waals surface area contributed by atoms with Crippen molar-refractivity contribution in [3.63, 3.8) is 0 Å². The van der Waals surface area contributed by atoms with Crippen molar-refractivity contribution in [3.8, 4) is 0 Å². The fourth-order valence-corrected chi connectivity index (χ4v) is 1.54. The van der Waals surface area contributed by atoms with Crippen LogP contribution in [0.1, 0.15) is 31.2 Å². The highest BCUT2D eigenvalue weighted by Crippen LogP contribution is 2.15. The molecule has 0 amide bonds. The van der Waals surface area contributed by atoms with Crippen molar-refractivity contribution < 1.29 is 0 Å². The van der Waals surface area contributed by atoms with Gasteiger partial charge >= 0.3 is 0 Å². The summed E-state index contributed by atoms with van der Waals surface area (Å²) in [7, 11) is 0. The van der Waals surface area contributed by atoms with Crippen LogP contribution in [0.3, 0.4) is 0 Å². The molecule has 74 valence electrons. The third-order valence-corrected chi connectivity index (χ3v) is 2.28. The average molecular weight is 190 g/mol. The van der Waals surface area contributed by atoms with E-state index in [2.05, 4.69) is 24.0 Å². The number of nitrogens with zero attached hydrogens (tertiary/aromatic N) is 3. The van der Waals surface area contributed by atoms with Gasteiger partial charge in [0.1, 0.15) is 5.82 Å². The fourth-order valence-electron chi connectivity index (χ4n) is 1.54. The van der Waals surface area contributed by atoms with Crippen molar-refractivity contribution in [1.82, 2.24) is 14.6 Å². The number of fused-ring (bicyclic) bond motifs is 1. The second-order valence-electron chi connectivity index (χ2n) is 3.64. The number of pyridine rings is 1. The van der Waals surface area contributed by atoms with Crippen molar-refractivity contribution >= 4 is 5.65 Å². The molecule has 4 nitrogen and oxygen atoms in total. The first kappa shape index (κ1) is 9.15. The quantitative estimate of drug-likeness (QED) is 0.776. The maximum Gasteiger partial charge on any atom is 0.165 e. The van der Waals surface area contributed by atoms with Crippen LogP contribution in [-0.4, -0.2) is 14.6 Å². The number of aromatic nitrogens is 3. The minimum absolute atomic E-state index is 0.373. The van der Waals surface area contributed by atoms with Crippen LogP contribution < -0.4 is 5.73 Å². The average Bonchev–Trinajstić information content (AvgIpc) is 2.60. The lowest BCUT2D eigenvalue weighted by atomic mass is 10.2. The lowest BCUT2D eigenvalue weighted by molar-refractivity contribution is 0.759. The highest BCUT2D eigenvalue weighted by Gasteiger charge is 2.10. The molecular formula is C10H14N4. The van der Waals surface area contributed by atoms with Gasteiger partial charge in [0.05, 0.1) is 0 Å². The zero-order valence-corrected chi connectivity index (χ0v) is 8.44. The molecule has 2 N–H and O–H groups in total. The fraction of sp³-hybridized carbons (Fsp3) is 0.400. The summed E-state index contributed by atoms with van der Waals surface area (Å²) in [5.41, 5.74) is 7.53. The van der Waals surface area contributed by atoms with E-state index < -0.39 is 0 Å². The SMILES string of the molecule is CC(C)c1nnc2c(CN)cccn12. The van der Waals surface area contributed by atoms with Gasteiger partial charge in [0.15, 0.2) is 5.65 Å². The molecule has 2 aromatic rings. The molecule has 2 heterocycles. The second-order valence-corrected chi connectivity index (χ2v) is 3.64. The first-order valence-corrected chi connectivity index (χ1v) is 4.76. The van der Waals surface area contributed by atoms with E-state index in [4.69, 9.17) is 5.73 Å². The van der Waals surface area contributed by atoms with Gasteiger partial charge in [-0.1, -0.05) is 19.9 Å². The molecule has 0 saturated heterocycles. The summed E-state index contributed by atoms with van der Waals surface area (Å²) in [5.74, 6) is 1.35. The molecule has 2 rings (SSSR count). The molecule has 2 aromatic heterocycles. The molecule has 0 aliphatic rings. The smallest absolute Gasteiger partial charge is 0.165 e. The third kappa shape index (κ3) is 1.28. The predicted molar refractivity (Wildman–Crippen MR) is 55.0 cm³/mol. The normalized spacial score (nSPS) is 11.4. The number of hydrogen-bond donors (Lipinski definition) is 1. The van der Waals surface area contributed by atoms with Gasteiger partial charge in [-0.2, -0.15) is 0 Å². The van der Waals surface area contributed by atoms with Gasteiger partial charge in [-0.25, -0.2) is 0 Å². The molecule has 0 radical (unpaired) electrons. The molecule has 4 heteroatoms. The van der Waals surface area contributed by atoms with Crippen molar-refractivity contribution in [3.05, 3.63) is 29.7 Å². The van der Waals surface area contributed by atoms with E-state index >= 15 is 0 Å². The van der Waals surface area contributed by atoms with Gasteiger partial charge in [0, 0.05) is 24.2 Å². The Balaban J connectivity index is 2.69. The minimum Gasteiger partial charge on any atom is -0.326 e. The van der Waals surface area contributed by atoms with Crippen molar-refractivity contribution in [2.75, 3.05) is 0 Å². The van der Waals surface area contributed by atoms with Crippen LogP contribution in [0, 0.1) is 0 Å². The van der Waals surface area contributed by atoms with Crippen LogP contribution in [0.2, 0.25) is 0 Å². The Morgan fingerprint density at radius 1 is 1.43 bits per heavy atom. The summed E-state index contributed by atoms with van der Waals surface area (Å²) in [6.45, 7) is 4.71. The van der Waals surface area contributed by atoms with E-state index in [-0.39, 0.29) is 0 Å². The standard InChI is InChI=1S/C10H14N4/c1-7(2)9-12-13-10-8(6-11)4-3-5-14(9)10/h3-5,7H,6,11H2,1-2H3. The highest BCUT2D eigenvalue weighted by molar-refractivity contribution is 5.47. The Hall–Kier alpha value is -1.42. The van der Waals surface area contributed by atoms with Gasteiger partial charge in [-0.05, 0) is 6.07 Å². The van der Waals surface area contributed by atoms with Gasteiger partial charge in [0.2, 0.25) is 0 Å². The van der Waals surface area contributed by atoms with E-state index in [0.717, 1.165) is 17.0 Å². The molecule has 0 aliphatic carbocycles. The Labute approximate surface area is 82.8 Å². The monoisotopic (exact) mass is 190 g/mol. The van der Waals surface area contributed by atoms with E-state index in [9.17, 15) is 0 Å². The lowest BCUT2D eigenvalue weighted by Crippen LogP contribution is -2.01. The first-order chi connectivity index (χ1) is 6.74. The van der Waals surface area contributed by atoms with Crippen LogP contribution in [0.5, 0.6) is 0 Å². The molecule has 14 heavy (non-hydrogen) atoms. The maximum absolute atomic E-state index is 5.62. The summed E-state index contributed by atoms with van der Waals surface area (Å²) < 4.78 is 2.01. The summed E-state index contributed by atoms with van der Waals surface area (Å²) in [4.78, 5) is 0. The summed E-state index contributed by atoms with van der Waals surface area (Å²) in [5, 5.41) is 8.30. The Morgan fingerprint density at radius 3 is 2.86 bits per heavy atom. The zero-order valence-electron chi connectivity index (χ0n) is 8.44. The largest absolute Gasteiger partial charge is 0.326 e. The lowest BCUT2D eigenvalue weighted by Gasteiger charge is -2.03.